The van der Waals surface area contributed by atoms with Gasteiger partial charge < -0.3 is 10.5 Å². The molecule has 1 aliphatic rings. The number of carbonyl (C=O) groups excluding carboxylic acids is 1. The fourth-order valence-corrected chi connectivity index (χ4v) is 2.12. The van der Waals surface area contributed by atoms with E-state index >= 15 is 0 Å². The Kier molecular flexibility index (Phi) is 5.42. The Balaban J connectivity index is 2.48. The lowest BCUT2D eigenvalue weighted by atomic mass is 9.83. The number of carbonyl (C=O) groups is 1. The van der Waals surface area contributed by atoms with Crippen molar-refractivity contribution in [2.45, 2.75) is 51.5 Å². The molecule has 0 atom stereocenters. The van der Waals surface area contributed by atoms with Crippen molar-refractivity contribution in [2.24, 2.45) is 5.73 Å². The van der Waals surface area contributed by atoms with E-state index in [1.165, 1.54) is 6.42 Å². The summed E-state index contributed by atoms with van der Waals surface area (Å²) in [5.74, 6) is -0.249. The molecule has 0 bridgehead atoms. The van der Waals surface area contributed by atoms with Crippen LogP contribution in [0.25, 0.3) is 0 Å². The highest BCUT2D eigenvalue weighted by Gasteiger charge is 2.36. The SMILES string of the molecule is C/C=C\C(=C/C)COC(=O)C1(N)CCCCC1. The molecule has 0 spiro atoms. The summed E-state index contributed by atoms with van der Waals surface area (Å²) in [5, 5.41) is 0. The highest BCUT2D eigenvalue weighted by Crippen LogP contribution is 2.27. The Morgan fingerprint density at radius 3 is 2.47 bits per heavy atom. The molecule has 0 aliphatic heterocycles. The molecule has 1 fully saturated rings. The zero-order chi connectivity index (χ0) is 12.7. The van der Waals surface area contributed by atoms with E-state index in [2.05, 4.69) is 0 Å². The third kappa shape index (κ3) is 4.00. The lowest BCUT2D eigenvalue weighted by Crippen LogP contribution is -2.50. The van der Waals surface area contributed by atoms with Crippen molar-refractivity contribution < 1.29 is 9.53 Å². The average molecular weight is 237 g/mol. The Labute approximate surface area is 104 Å². The molecule has 3 nitrogen and oxygen atoms in total. The molecule has 0 aromatic heterocycles. The fourth-order valence-electron chi connectivity index (χ4n) is 2.12. The van der Waals surface area contributed by atoms with Crippen molar-refractivity contribution in [1.29, 1.82) is 0 Å². The van der Waals surface area contributed by atoms with Gasteiger partial charge in [-0.2, -0.15) is 0 Å². The van der Waals surface area contributed by atoms with Gasteiger partial charge in [0, 0.05) is 0 Å². The first kappa shape index (κ1) is 14.0. The smallest absolute Gasteiger partial charge is 0.326 e. The van der Waals surface area contributed by atoms with E-state index in [9.17, 15) is 4.79 Å². The van der Waals surface area contributed by atoms with Crippen LogP contribution in [0.4, 0.5) is 0 Å². The summed E-state index contributed by atoms with van der Waals surface area (Å²) >= 11 is 0. The Morgan fingerprint density at radius 1 is 1.29 bits per heavy atom. The fraction of sp³-hybridized carbons (Fsp3) is 0.643. The van der Waals surface area contributed by atoms with Crippen LogP contribution in [0.1, 0.15) is 46.0 Å². The number of rotatable bonds is 4. The molecule has 0 aromatic carbocycles. The lowest BCUT2D eigenvalue weighted by Gasteiger charge is -2.30. The molecule has 2 N–H and O–H groups in total. The lowest BCUT2D eigenvalue weighted by molar-refractivity contribution is -0.150. The van der Waals surface area contributed by atoms with Gasteiger partial charge in [0.05, 0.1) is 0 Å². The molecule has 3 heteroatoms. The summed E-state index contributed by atoms with van der Waals surface area (Å²) in [4.78, 5) is 11.9. The normalized spacial score (nSPS) is 20.5. The maximum atomic E-state index is 11.9. The van der Waals surface area contributed by atoms with Crippen molar-refractivity contribution in [1.82, 2.24) is 0 Å². The van der Waals surface area contributed by atoms with E-state index in [1.807, 2.05) is 32.1 Å². The maximum Gasteiger partial charge on any atom is 0.326 e. The topological polar surface area (TPSA) is 52.3 Å². The molecule has 0 unspecified atom stereocenters. The van der Waals surface area contributed by atoms with Crippen LogP contribution in [-0.2, 0) is 9.53 Å². The summed E-state index contributed by atoms with van der Waals surface area (Å²) in [7, 11) is 0. The minimum atomic E-state index is -0.743. The molecule has 0 heterocycles. The van der Waals surface area contributed by atoms with Crippen LogP contribution in [-0.4, -0.2) is 18.1 Å². The van der Waals surface area contributed by atoms with Gasteiger partial charge >= 0.3 is 5.97 Å². The molecule has 17 heavy (non-hydrogen) atoms. The van der Waals surface area contributed by atoms with E-state index in [-0.39, 0.29) is 5.97 Å². The molecule has 0 amide bonds. The predicted molar refractivity (Wildman–Crippen MR) is 69.5 cm³/mol. The summed E-state index contributed by atoms with van der Waals surface area (Å²) < 4.78 is 5.31. The van der Waals surface area contributed by atoms with Crippen LogP contribution < -0.4 is 5.73 Å². The second kappa shape index (κ2) is 6.60. The Hall–Kier alpha value is -1.09. The first-order chi connectivity index (χ1) is 8.12. The zero-order valence-electron chi connectivity index (χ0n) is 10.9. The summed E-state index contributed by atoms with van der Waals surface area (Å²) in [6.45, 7) is 4.19. The first-order valence-corrected chi connectivity index (χ1v) is 6.36. The van der Waals surface area contributed by atoms with Gasteiger partial charge in [0.15, 0.2) is 0 Å². The monoisotopic (exact) mass is 237 g/mol. The highest BCUT2D eigenvalue weighted by molar-refractivity contribution is 5.80. The zero-order valence-corrected chi connectivity index (χ0v) is 10.9. The molecule has 0 aromatic rings. The summed E-state index contributed by atoms with van der Waals surface area (Å²) in [6, 6.07) is 0. The highest BCUT2D eigenvalue weighted by atomic mass is 16.5. The number of allylic oxidation sites excluding steroid dienone is 2. The molecule has 1 rings (SSSR count). The number of nitrogens with two attached hydrogens (primary N) is 1. The summed E-state index contributed by atoms with van der Waals surface area (Å²) in [5.41, 5.74) is 6.35. The quantitative estimate of drug-likeness (QED) is 0.604. The van der Waals surface area contributed by atoms with E-state index in [4.69, 9.17) is 10.5 Å². The second-order valence-corrected chi connectivity index (χ2v) is 4.66. The Morgan fingerprint density at radius 2 is 1.94 bits per heavy atom. The number of ether oxygens (including phenoxy) is 1. The van der Waals surface area contributed by atoms with Crippen LogP contribution in [0.2, 0.25) is 0 Å². The second-order valence-electron chi connectivity index (χ2n) is 4.66. The molecular weight excluding hydrogens is 214 g/mol. The van der Waals surface area contributed by atoms with Crippen LogP contribution in [0.15, 0.2) is 23.8 Å². The number of hydrogen-bond acceptors (Lipinski definition) is 3. The van der Waals surface area contributed by atoms with Crippen LogP contribution in [0.5, 0.6) is 0 Å². The van der Waals surface area contributed by atoms with Crippen LogP contribution in [0.3, 0.4) is 0 Å². The van der Waals surface area contributed by atoms with Gasteiger partial charge in [-0.25, -0.2) is 0 Å². The maximum absolute atomic E-state index is 11.9. The molecule has 1 saturated carbocycles. The van der Waals surface area contributed by atoms with E-state index in [0.717, 1.165) is 31.3 Å². The molecule has 0 radical (unpaired) electrons. The third-order valence-corrected chi connectivity index (χ3v) is 3.27. The van der Waals surface area contributed by atoms with Crippen LogP contribution >= 0.6 is 0 Å². The van der Waals surface area contributed by atoms with Crippen LogP contribution in [0, 0.1) is 0 Å². The van der Waals surface area contributed by atoms with E-state index in [0.29, 0.717) is 6.61 Å². The molecule has 0 saturated heterocycles. The van der Waals surface area contributed by atoms with Gasteiger partial charge in [-0.1, -0.05) is 37.5 Å². The van der Waals surface area contributed by atoms with Gasteiger partial charge in [0.25, 0.3) is 0 Å². The van der Waals surface area contributed by atoms with Gasteiger partial charge in [-0.15, -0.1) is 0 Å². The number of hydrogen-bond donors (Lipinski definition) is 1. The third-order valence-electron chi connectivity index (χ3n) is 3.27. The molecular formula is C14H23NO2. The Bertz CT molecular complexity index is 312. The first-order valence-electron chi connectivity index (χ1n) is 6.36. The minimum absolute atomic E-state index is 0.249. The predicted octanol–water partition coefficient (Wildman–Crippen LogP) is 2.71. The average Bonchev–Trinajstić information content (AvgIpc) is 2.35. The minimum Gasteiger partial charge on any atom is -0.459 e. The largest absolute Gasteiger partial charge is 0.459 e. The molecule has 96 valence electrons. The van der Waals surface area contributed by atoms with Crippen molar-refractivity contribution in [3.8, 4) is 0 Å². The van der Waals surface area contributed by atoms with Gasteiger partial charge in [-0.05, 0) is 32.3 Å². The van der Waals surface area contributed by atoms with Crippen molar-refractivity contribution in [3.63, 3.8) is 0 Å². The molecule has 1 aliphatic carbocycles. The number of esters is 1. The van der Waals surface area contributed by atoms with Gasteiger partial charge in [0.2, 0.25) is 0 Å². The van der Waals surface area contributed by atoms with Crippen molar-refractivity contribution >= 4 is 5.97 Å². The van der Waals surface area contributed by atoms with E-state index in [1.54, 1.807) is 0 Å². The van der Waals surface area contributed by atoms with Crippen molar-refractivity contribution in [3.05, 3.63) is 23.8 Å². The van der Waals surface area contributed by atoms with Gasteiger partial charge in [-0.3, -0.25) is 4.79 Å². The summed E-state index contributed by atoms with van der Waals surface area (Å²) in [6.07, 6.45) is 10.5. The standard InChI is InChI=1S/C14H23NO2/c1-3-8-12(4-2)11-17-13(16)14(15)9-6-5-7-10-14/h3-4,8H,5-7,9-11,15H2,1-2H3/b8-3-,12-4+. The van der Waals surface area contributed by atoms with Crippen molar-refractivity contribution in [2.75, 3.05) is 6.61 Å². The van der Waals surface area contributed by atoms with Gasteiger partial charge in [0.1, 0.15) is 12.1 Å². The van der Waals surface area contributed by atoms with E-state index < -0.39 is 5.54 Å².